The van der Waals surface area contributed by atoms with Crippen molar-refractivity contribution in [1.29, 1.82) is 0 Å². The van der Waals surface area contributed by atoms with Crippen LogP contribution in [-0.2, 0) is 13.1 Å². The monoisotopic (exact) mass is 186 g/mol. The van der Waals surface area contributed by atoms with Crippen molar-refractivity contribution < 1.29 is 0 Å². The van der Waals surface area contributed by atoms with E-state index >= 15 is 0 Å². The Balaban J connectivity index is 2.24. The molecule has 0 unspecified atom stereocenters. The average Bonchev–Trinajstić information content (AvgIpc) is 2.71. The van der Waals surface area contributed by atoms with E-state index in [2.05, 4.69) is 17.4 Å². The predicted octanol–water partition coefficient (Wildman–Crippen LogP) is 1.19. The lowest BCUT2D eigenvalue weighted by Gasteiger charge is -2.07. The molecule has 2 N–H and O–H groups in total. The molecule has 0 atom stereocenters. The molecule has 2 aromatic rings. The van der Waals surface area contributed by atoms with Crippen LogP contribution in [0.5, 0.6) is 0 Å². The van der Waals surface area contributed by atoms with E-state index in [9.17, 15) is 0 Å². The van der Waals surface area contributed by atoms with E-state index in [-0.39, 0.29) is 0 Å². The molecular weight excluding hydrogens is 174 g/mol. The molecule has 71 valence electrons. The van der Waals surface area contributed by atoms with Crippen molar-refractivity contribution >= 4 is 0 Å². The Kier molecular flexibility index (Phi) is 2.60. The molecule has 0 aliphatic heterocycles. The van der Waals surface area contributed by atoms with Crippen LogP contribution in [0.3, 0.4) is 0 Å². The maximum atomic E-state index is 5.64. The Morgan fingerprint density at radius 3 is 2.71 bits per heavy atom. The molecule has 14 heavy (non-hydrogen) atoms. The topological polar surface area (TPSA) is 43.8 Å². The van der Waals surface area contributed by atoms with Gasteiger partial charge in [0.15, 0.2) is 6.33 Å². The molecule has 3 heteroatoms. The molecule has 1 aromatic heterocycles. The SMILES string of the molecule is NCc1ccccc1Cn1[c]ncc1. The summed E-state index contributed by atoms with van der Waals surface area (Å²) < 4.78 is 1.91. The normalized spacial score (nSPS) is 10.4. The first-order chi connectivity index (χ1) is 6.90. The lowest BCUT2D eigenvalue weighted by molar-refractivity contribution is 0.778. The molecule has 1 radical (unpaired) electrons. The van der Waals surface area contributed by atoms with Gasteiger partial charge < -0.3 is 10.3 Å². The van der Waals surface area contributed by atoms with Crippen LogP contribution in [-0.4, -0.2) is 9.55 Å². The van der Waals surface area contributed by atoms with Crippen molar-refractivity contribution in [3.8, 4) is 0 Å². The van der Waals surface area contributed by atoms with Crippen LogP contribution < -0.4 is 5.73 Å². The zero-order chi connectivity index (χ0) is 9.80. The van der Waals surface area contributed by atoms with Gasteiger partial charge in [0.05, 0.1) is 0 Å². The highest BCUT2D eigenvalue weighted by Crippen LogP contribution is 2.09. The van der Waals surface area contributed by atoms with Gasteiger partial charge in [0.1, 0.15) is 0 Å². The standard InChI is InChI=1S/C11H12N3/c12-7-10-3-1-2-4-11(10)8-14-6-5-13-9-14/h1-6H,7-8,12H2. The number of nitrogens with zero attached hydrogens (tertiary/aromatic N) is 2. The van der Waals surface area contributed by atoms with Gasteiger partial charge in [-0.3, -0.25) is 0 Å². The quantitative estimate of drug-likeness (QED) is 0.782. The van der Waals surface area contributed by atoms with Crippen LogP contribution in [0.1, 0.15) is 11.1 Å². The largest absolute Gasteiger partial charge is 0.326 e. The van der Waals surface area contributed by atoms with Gasteiger partial charge in [-0.1, -0.05) is 24.3 Å². The van der Waals surface area contributed by atoms with Gasteiger partial charge in [0, 0.05) is 25.5 Å². The fourth-order valence-electron chi connectivity index (χ4n) is 1.44. The first kappa shape index (κ1) is 8.97. The Morgan fingerprint density at radius 2 is 2.07 bits per heavy atom. The van der Waals surface area contributed by atoms with Crippen molar-refractivity contribution in [2.24, 2.45) is 5.73 Å². The maximum absolute atomic E-state index is 5.64. The summed E-state index contributed by atoms with van der Waals surface area (Å²) in [5, 5.41) is 0. The Hall–Kier alpha value is -1.61. The molecule has 0 bridgehead atoms. The first-order valence-electron chi connectivity index (χ1n) is 4.56. The van der Waals surface area contributed by atoms with E-state index < -0.39 is 0 Å². The molecule has 1 heterocycles. The van der Waals surface area contributed by atoms with E-state index in [0.29, 0.717) is 6.54 Å². The second-order valence-electron chi connectivity index (χ2n) is 3.13. The molecule has 0 amide bonds. The summed E-state index contributed by atoms with van der Waals surface area (Å²) in [6, 6.07) is 8.15. The summed E-state index contributed by atoms with van der Waals surface area (Å²) in [5.41, 5.74) is 8.05. The zero-order valence-corrected chi connectivity index (χ0v) is 7.85. The molecule has 0 aliphatic rings. The third-order valence-electron chi connectivity index (χ3n) is 2.19. The van der Waals surface area contributed by atoms with E-state index in [4.69, 9.17) is 5.73 Å². The van der Waals surface area contributed by atoms with Gasteiger partial charge in [-0.25, -0.2) is 4.98 Å². The summed E-state index contributed by atoms with van der Waals surface area (Å²) in [5.74, 6) is 0. The van der Waals surface area contributed by atoms with Crippen molar-refractivity contribution in [2.75, 3.05) is 0 Å². The molecule has 0 fully saturated rings. The van der Waals surface area contributed by atoms with E-state index in [1.54, 1.807) is 6.20 Å². The molecule has 0 saturated carbocycles. The smallest absolute Gasteiger partial charge is 0.176 e. The molecule has 3 nitrogen and oxygen atoms in total. The van der Waals surface area contributed by atoms with Gasteiger partial charge >= 0.3 is 0 Å². The molecule has 1 aromatic carbocycles. The highest BCUT2D eigenvalue weighted by atomic mass is 15.0. The summed E-state index contributed by atoms with van der Waals surface area (Å²) in [6.45, 7) is 1.36. The minimum absolute atomic E-state index is 0.574. The van der Waals surface area contributed by atoms with Crippen LogP contribution in [0.15, 0.2) is 36.7 Å². The van der Waals surface area contributed by atoms with Crippen LogP contribution in [0, 0.1) is 6.33 Å². The van der Waals surface area contributed by atoms with Crippen LogP contribution in [0.4, 0.5) is 0 Å². The lowest BCUT2D eigenvalue weighted by atomic mass is 10.1. The second-order valence-corrected chi connectivity index (χ2v) is 3.13. The van der Waals surface area contributed by atoms with Gasteiger partial charge in [-0.15, -0.1) is 0 Å². The summed E-state index contributed by atoms with van der Waals surface area (Å²) in [7, 11) is 0. The van der Waals surface area contributed by atoms with E-state index in [0.717, 1.165) is 6.54 Å². The number of nitrogens with two attached hydrogens (primary N) is 1. The third-order valence-corrected chi connectivity index (χ3v) is 2.19. The number of hydrogen-bond acceptors (Lipinski definition) is 2. The van der Waals surface area contributed by atoms with Crippen molar-refractivity contribution in [3.05, 3.63) is 54.1 Å². The summed E-state index contributed by atoms with van der Waals surface area (Å²) >= 11 is 0. The minimum atomic E-state index is 0.574. The van der Waals surface area contributed by atoms with Crippen LogP contribution in [0.25, 0.3) is 0 Å². The number of hydrogen-bond donors (Lipinski definition) is 1. The van der Waals surface area contributed by atoms with Crippen molar-refractivity contribution in [1.82, 2.24) is 9.55 Å². The Labute approximate surface area is 83.2 Å². The first-order valence-corrected chi connectivity index (χ1v) is 4.56. The summed E-state index contributed by atoms with van der Waals surface area (Å²) in [6.07, 6.45) is 6.49. The molecule has 0 aliphatic carbocycles. The molecule has 2 rings (SSSR count). The zero-order valence-electron chi connectivity index (χ0n) is 7.85. The molecule has 0 saturated heterocycles. The fourth-order valence-corrected chi connectivity index (χ4v) is 1.44. The summed E-state index contributed by atoms with van der Waals surface area (Å²) in [4.78, 5) is 3.88. The Morgan fingerprint density at radius 1 is 1.29 bits per heavy atom. The number of rotatable bonds is 3. The highest BCUT2D eigenvalue weighted by Gasteiger charge is 2.00. The lowest BCUT2D eigenvalue weighted by Crippen LogP contribution is -2.05. The van der Waals surface area contributed by atoms with Crippen molar-refractivity contribution in [3.63, 3.8) is 0 Å². The van der Waals surface area contributed by atoms with Crippen LogP contribution in [0.2, 0.25) is 0 Å². The molecular formula is C11H12N3. The maximum Gasteiger partial charge on any atom is 0.176 e. The van der Waals surface area contributed by atoms with Gasteiger partial charge in [-0.05, 0) is 11.1 Å². The number of benzene rings is 1. The molecule has 0 spiro atoms. The van der Waals surface area contributed by atoms with Gasteiger partial charge in [-0.2, -0.15) is 0 Å². The number of imidazole rings is 1. The fraction of sp³-hybridized carbons (Fsp3) is 0.182. The minimum Gasteiger partial charge on any atom is -0.326 e. The van der Waals surface area contributed by atoms with Crippen LogP contribution >= 0.6 is 0 Å². The Bertz CT molecular complexity index is 393. The van der Waals surface area contributed by atoms with Gasteiger partial charge in [0.2, 0.25) is 0 Å². The predicted molar refractivity (Wildman–Crippen MR) is 54.5 cm³/mol. The highest BCUT2D eigenvalue weighted by molar-refractivity contribution is 5.27. The second kappa shape index (κ2) is 4.07. The van der Waals surface area contributed by atoms with E-state index in [1.807, 2.05) is 29.0 Å². The van der Waals surface area contributed by atoms with Gasteiger partial charge in [0.25, 0.3) is 0 Å². The van der Waals surface area contributed by atoms with Crippen molar-refractivity contribution in [2.45, 2.75) is 13.1 Å². The average molecular weight is 186 g/mol. The third kappa shape index (κ3) is 1.83. The van der Waals surface area contributed by atoms with E-state index in [1.165, 1.54) is 11.1 Å². The number of aromatic nitrogens is 2.